The van der Waals surface area contributed by atoms with E-state index in [1.54, 1.807) is 0 Å². The predicted molar refractivity (Wildman–Crippen MR) is 76.6 cm³/mol. The number of benzene rings is 1. The van der Waals surface area contributed by atoms with Crippen molar-refractivity contribution in [1.82, 2.24) is 0 Å². The molecule has 100 valence electrons. The lowest BCUT2D eigenvalue weighted by Gasteiger charge is -2.17. The Balaban J connectivity index is 2.81. The monoisotopic (exact) mass is 248 g/mol. The number of nitrogens with one attached hydrogen (secondary N) is 1. The number of para-hydroxylation sites is 1. The van der Waals surface area contributed by atoms with Crippen molar-refractivity contribution in [3.63, 3.8) is 0 Å². The smallest absolute Gasteiger partial charge is 0.241 e. The van der Waals surface area contributed by atoms with Gasteiger partial charge >= 0.3 is 0 Å². The molecule has 0 spiro atoms. The SMILES string of the molecule is CCc1cccc(C)c1NC(=O)[C@H](N)CC(C)C. The second kappa shape index (κ2) is 6.55. The molecular formula is C15H24N2O. The van der Waals surface area contributed by atoms with Crippen LogP contribution in [0.3, 0.4) is 0 Å². The minimum absolute atomic E-state index is 0.0901. The first-order valence-electron chi connectivity index (χ1n) is 6.60. The van der Waals surface area contributed by atoms with Gasteiger partial charge in [0, 0.05) is 5.69 Å². The van der Waals surface area contributed by atoms with Crippen LogP contribution in [0.25, 0.3) is 0 Å². The lowest BCUT2D eigenvalue weighted by atomic mass is 10.0. The Hall–Kier alpha value is -1.35. The highest BCUT2D eigenvalue weighted by Crippen LogP contribution is 2.21. The van der Waals surface area contributed by atoms with Gasteiger partial charge in [0.15, 0.2) is 0 Å². The van der Waals surface area contributed by atoms with Crippen LogP contribution in [0.4, 0.5) is 5.69 Å². The number of aryl methyl sites for hydroxylation is 2. The largest absolute Gasteiger partial charge is 0.324 e. The van der Waals surface area contributed by atoms with Crippen LogP contribution in [0.15, 0.2) is 18.2 Å². The van der Waals surface area contributed by atoms with Gasteiger partial charge < -0.3 is 11.1 Å². The lowest BCUT2D eigenvalue weighted by Crippen LogP contribution is -2.37. The Labute approximate surface area is 110 Å². The zero-order valence-electron chi connectivity index (χ0n) is 11.8. The molecule has 1 amide bonds. The van der Waals surface area contributed by atoms with Crippen molar-refractivity contribution in [1.29, 1.82) is 0 Å². The highest BCUT2D eigenvalue weighted by Gasteiger charge is 2.16. The van der Waals surface area contributed by atoms with Gasteiger partial charge in [0.1, 0.15) is 0 Å². The maximum absolute atomic E-state index is 12.0. The summed E-state index contributed by atoms with van der Waals surface area (Å²) in [5.74, 6) is 0.334. The first kappa shape index (κ1) is 14.7. The van der Waals surface area contributed by atoms with Crippen LogP contribution in [0.5, 0.6) is 0 Å². The third kappa shape index (κ3) is 3.84. The van der Waals surface area contributed by atoms with Crippen molar-refractivity contribution in [2.75, 3.05) is 5.32 Å². The number of carbonyl (C=O) groups excluding carboxylic acids is 1. The maximum Gasteiger partial charge on any atom is 0.241 e. The first-order chi connectivity index (χ1) is 8.45. The fourth-order valence-electron chi connectivity index (χ4n) is 2.03. The highest BCUT2D eigenvalue weighted by atomic mass is 16.2. The molecule has 0 saturated heterocycles. The summed E-state index contributed by atoms with van der Waals surface area (Å²) in [6, 6.07) is 5.62. The van der Waals surface area contributed by atoms with E-state index < -0.39 is 6.04 Å². The Bertz CT molecular complexity index is 413. The van der Waals surface area contributed by atoms with Crippen molar-refractivity contribution in [2.45, 2.75) is 46.6 Å². The van der Waals surface area contributed by atoms with Crippen LogP contribution in [0, 0.1) is 12.8 Å². The minimum Gasteiger partial charge on any atom is -0.324 e. The molecule has 0 saturated carbocycles. The van der Waals surface area contributed by atoms with Crippen molar-refractivity contribution in [2.24, 2.45) is 11.7 Å². The van der Waals surface area contributed by atoms with Gasteiger partial charge in [-0.3, -0.25) is 4.79 Å². The van der Waals surface area contributed by atoms with E-state index in [9.17, 15) is 4.79 Å². The number of amides is 1. The third-order valence-corrected chi connectivity index (χ3v) is 3.05. The van der Waals surface area contributed by atoms with Crippen LogP contribution in [-0.2, 0) is 11.2 Å². The second-order valence-corrected chi connectivity index (χ2v) is 5.19. The Kier molecular flexibility index (Phi) is 5.35. The Morgan fingerprint density at radius 3 is 2.61 bits per heavy atom. The summed E-state index contributed by atoms with van der Waals surface area (Å²) in [5.41, 5.74) is 9.05. The summed E-state index contributed by atoms with van der Waals surface area (Å²) in [4.78, 5) is 12.0. The zero-order valence-corrected chi connectivity index (χ0v) is 11.8. The molecule has 0 heterocycles. The number of anilines is 1. The van der Waals surface area contributed by atoms with Crippen LogP contribution >= 0.6 is 0 Å². The molecule has 0 aliphatic rings. The standard InChI is InChI=1S/C15H24N2O/c1-5-12-8-6-7-11(4)14(12)17-15(18)13(16)9-10(2)3/h6-8,10,13H,5,9,16H2,1-4H3,(H,17,18)/t13-/m1/s1. The molecule has 3 N–H and O–H groups in total. The molecule has 3 nitrogen and oxygen atoms in total. The van der Waals surface area contributed by atoms with E-state index in [0.29, 0.717) is 12.3 Å². The molecule has 18 heavy (non-hydrogen) atoms. The first-order valence-corrected chi connectivity index (χ1v) is 6.60. The highest BCUT2D eigenvalue weighted by molar-refractivity contribution is 5.96. The van der Waals surface area contributed by atoms with Gasteiger partial charge in [-0.2, -0.15) is 0 Å². The van der Waals surface area contributed by atoms with Crippen molar-refractivity contribution in [3.8, 4) is 0 Å². The number of rotatable bonds is 5. The van der Waals surface area contributed by atoms with E-state index in [0.717, 1.165) is 23.2 Å². The molecule has 0 bridgehead atoms. The molecule has 0 fully saturated rings. The van der Waals surface area contributed by atoms with Gasteiger partial charge in [-0.15, -0.1) is 0 Å². The van der Waals surface area contributed by atoms with E-state index in [1.807, 2.05) is 25.1 Å². The summed E-state index contributed by atoms with van der Waals surface area (Å²) >= 11 is 0. The summed E-state index contributed by atoms with van der Waals surface area (Å²) in [6.07, 6.45) is 1.61. The van der Waals surface area contributed by atoms with Crippen LogP contribution in [-0.4, -0.2) is 11.9 Å². The molecule has 0 aliphatic heterocycles. The quantitative estimate of drug-likeness (QED) is 0.842. The molecule has 0 aromatic heterocycles. The maximum atomic E-state index is 12.0. The lowest BCUT2D eigenvalue weighted by molar-refractivity contribution is -0.117. The van der Waals surface area contributed by atoms with E-state index in [1.165, 1.54) is 0 Å². The molecule has 1 atom stereocenters. The van der Waals surface area contributed by atoms with Gasteiger partial charge in [-0.1, -0.05) is 39.0 Å². The van der Waals surface area contributed by atoms with Crippen LogP contribution in [0.2, 0.25) is 0 Å². The van der Waals surface area contributed by atoms with Gasteiger partial charge in [0.25, 0.3) is 0 Å². The fraction of sp³-hybridized carbons (Fsp3) is 0.533. The molecule has 1 aromatic rings. The predicted octanol–water partition coefficient (Wildman–Crippen LogP) is 2.87. The van der Waals surface area contributed by atoms with E-state index >= 15 is 0 Å². The van der Waals surface area contributed by atoms with Crippen molar-refractivity contribution < 1.29 is 4.79 Å². The average molecular weight is 248 g/mol. The summed E-state index contributed by atoms with van der Waals surface area (Å²) in [6.45, 7) is 8.22. The molecule has 1 aromatic carbocycles. The number of nitrogens with two attached hydrogens (primary N) is 1. The Morgan fingerprint density at radius 2 is 2.06 bits per heavy atom. The summed E-state index contributed by atoms with van der Waals surface area (Å²) in [5, 5.41) is 2.97. The molecule has 0 aliphatic carbocycles. The van der Waals surface area contributed by atoms with E-state index in [4.69, 9.17) is 5.73 Å². The van der Waals surface area contributed by atoms with Gasteiger partial charge in [0.05, 0.1) is 6.04 Å². The fourth-order valence-corrected chi connectivity index (χ4v) is 2.03. The molecule has 3 heteroatoms. The summed E-state index contributed by atoms with van der Waals surface area (Å²) < 4.78 is 0. The molecule has 0 unspecified atom stereocenters. The topological polar surface area (TPSA) is 55.1 Å². The van der Waals surface area contributed by atoms with Crippen LogP contribution in [0.1, 0.15) is 38.3 Å². The minimum atomic E-state index is -0.436. The second-order valence-electron chi connectivity index (χ2n) is 5.19. The van der Waals surface area contributed by atoms with E-state index in [2.05, 4.69) is 26.1 Å². The third-order valence-electron chi connectivity index (χ3n) is 3.05. The Morgan fingerprint density at radius 1 is 1.39 bits per heavy atom. The summed E-state index contributed by atoms with van der Waals surface area (Å²) in [7, 11) is 0. The number of hydrogen-bond donors (Lipinski definition) is 2. The number of hydrogen-bond acceptors (Lipinski definition) is 2. The average Bonchev–Trinajstić information content (AvgIpc) is 2.30. The molecule has 1 rings (SSSR count). The molecule has 0 radical (unpaired) electrons. The zero-order chi connectivity index (χ0) is 13.7. The van der Waals surface area contributed by atoms with Gasteiger partial charge in [-0.05, 0) is 36.8 Å². The molecular weight excluding hydrogens is 224 g/mol. The van der Waals surface area contributed by atoms with Crippen molar-refractivity contribution >= 4 is 11.6 Å². The van der Waals surface area contributed by atoms with E-state index in [-0.39, 0.29) is 5.91 Å². The van der Waals surface area contributed by atoms with Gasteiger partial charge in [-0.25, -0.2) is 0 Å². The van der Waals surface area contributed by atoms with Crippen molar-refractivity contribution in [3.05, 3.63) is 29.3 Å². The normalized spacial score (nSPS) is 12.6. The van der Waals surface area contributed by atoms with Gasteiger partial charge in [0.2, 0.25) is 5.91 Å². The van der Waals surface area contributed by atoms with Crippen LogP contribution < -0.4 is 11.1 Å². The number of carbonyl (C=O) groups is 1.